The number of aromatic nitrogens is 2. The highest BCUT2D eigenvalue weighted by atomic mass is 32.2. The summed E-state index contributed by atoms with van der Waals surface area (Å²) in [7, 11) is 0. The first-order valence-electron chi connectivity index (χ1n) is 7.54. The fourth-order valence-corrected chi connectivity index (χ4v) is 3.20. The number of rotatable bonds is 7. The molecule has 0 aliphatic carbocycles. The van der Waals surface area contributed by atoms with E-state index in [9.17, 15) is 0 Å². The van der Waals surface area contributed by atoms with Gasteiger partial charge in [0.15, 0.2) is 5.16 Å². The first-order chi connectivity index (χ1) is 10.2. The number of aryl methyl sites for hydroxylation is 1. The lowest BCUT2D eigenvalue weighted by atomic mass is 10.0. The lowest BCUT2D eigenvalue weighted by Crippen LogP contribution is -2.21. The van der Waals surface area contributed by atoms with Crippen LogP contribution in [-0.2, 0) is 0 Å². The summed E-state index contributed by atoms with van der Waals surface area (Å²) in [4.78, 5) is 10.1. The van der Waals surface area contributed by atoms with Crippen LogP contribution >= 0.6 is 11.8 Å². The van der Waals surface area contributed by atoms with E-state index >= 15 is 0 Å². The van der Waals surface area contributed by atoms with Crippen molar-refractivity contribution in [2.24, 2.45) is 0 Å². The highest BCUT2D eigenvalue weighted by molar-refractivity contribution is 7.99. The van der Waals surface area contributed by atoms with Crippen molar-refractivity contribution in [2.75, 3.05) is 6.54 Å². The van der Waals surface area contributed by atoms with Crippen LogP contribution in [0.4, 0.5) is 0 Å². The fourth-order valence-electron chi connectivity index (χ4n) is 2.23. The van der Waals surface area contributed by atoms with Crippen LogP contribution in [-0.4, -0.2) is 16.5 Å². The van der Waals surface area contributed by atoms with Crippen LogP contribution in [0.5, 0.6) is 0 Å². The summed E-state index contributed by atoms with van der Waals surface area (Å²) >= 11 is 1.64. The van der Waals surface area contributed by atoms with Gasteiger partial charge in [0, 0.05) is 22.8 Å². The minimum atomic E-state index is 0.387. The molecular weight excluding hydrogens is 278 g/mol. The molecule has 2 rings (SSSR count). The predicted octanol–water partition coefficient (Wildman–Crippen LogP) is 4.39. The number of nitrogens with zero attached hydrogens (tertiary/aromatic N) is 2. The van der Waals surface area contributed by atoms with Gasteiger partial charge in [0.05, 0.1) is 0 Å². The Morgan fingerprint density at radius 3 is 2.71 bits per heavy atom. The number of hydrogen-bond donors (Lipinski definition) is 1. The average Bonchev–Trinajstić information content (AvgIpc) is 2.49. The molecule has 0 saturated carbocycles. The largest absolute Gasteiger partial charge is 0.310 e. The summed E-state index contributed by atoms with van der Waals surface area (Å²) < 4.78 is 0. The van der Waals surface area contributed by atoms with E-state index in [0.717, 1.165) is 30.2 Å². The summed E-state index contributed by atoms with van der Waals surface area (Å²) in [6.45, 7) is 7.45. The Kier molecular flexibility index (Phi) is 6.21. The minimum Gasteiger partial charge on any atom is -0.310 e. The van der Waals surface area contributed by atoms with Crippen LogP contribution in [0.2, 0.25) is 0 Å². The second-order valence-corrected chi connectivity index (χ2v) is 6.04. The van der Waals surface area contributed by atoms with Crippen LogP contribution < -0.4 is 5.32 Å². The van der Waals surface area contributed by atoms with Crippen molar-refractivity contribution in [1.29, 1.82) is 0 Å². The van der Waals surface area contributed by atoms with Crippen LogP contribution in [0.1, 0.15) is 44.0 Å². The molecule has 0 spiro atoms. The Morgan fingerprint density at radius 2 is 2.00 bits per heavy atom. The van der Waals surface area contributed by atoms with Crippen LogP contribution in [0.3, 0.4) is 0 Å². The maximum Gasteiger partial charge on any atom is 0.192 e. The Bertz CT molecular complexity index is 571. The summed E-state index contributed by atoms with van der Waals surface area (Å²) in [5.41, 5.74) is 2.34. The van der Waals surface area contributed by atoms with Gasteiger partial charge < -0.3 is 5.32 Å². The van der Waals surface area contributed by atoms with Crippen molar-refractivity contribution >= 4 is 11.8 Å². The molecular formula is C17H23N3S. The second-order valence-electron chi connectivity index (χ2n) is 5.04. The van der Waals surface area contributed by atoms with Gasteiger partial charge in [0.2, 0.25) is 0 Å². The highest BCUT2D eigenvalue weighted by Gasteiger charge is 2.14. The molecule has 0 aliphatic heterocycles. The van der Waals surface area contributed by atoms with E-state index in [4.69, 9.17) is 0 Å². The van der Waals surface area contributed by atoms with E-state index in [1.54, 1.807) is 11.8 Å². The molecule has 3 nitrogen and oxygen atoms in total. The molecule has 21 heavy (non-hydrogen) atoms. The normalized spacial score (nSPS) is 12.3. The third kappa shape index (κ3) is 4.55. The first kappa shape index (κ1) is 16.0. The van der Waals surface area contributed by atoms with Crippen molar-refractivity contribution in [2.45, 2.75) is 49.7 Å². The molecule has 2 aromatic rings. The number of nitrogens with one attached hydrogen (secondary N) is 1. The smallest absolute Gasteiger partial charge is 0.192 e. The standard InChI is InChI=1S/C17H23N3S/c1-4-11-18-15(5-2)14-8-6-7-9-16(14)21-17-19-12-10-13(3)20-17/h6-10,12,15,18H,4-5,11H2,1-3H3. The van der Waals surface area contributed by atoms with Crippen LogP contribution in [0, 0.1) is 6.92 Å². The molecule has 0 fully saturated rings. The maximum atomic E-state index is 4.49. The monoisotopic (exact) mass is 301 g/mol. The molecule has 1 aromatic carbocycles. The fraction of sp³-hybridized carbons (Fsp3) is 0.412. The molecule has 0 radical (unpaired) electrons. The molecule has 1 atom stereocenters. The zero-order valence-corrected chi connectivity index (χ0v) is 13.8. The second kappa shape index (κ2) is 8.15. The molecule has 1 unspecified atom stereocenters. The van der Waals surface area contributed by atoms with Gasteiger partial charge in [-0.25, -0.2) is 9.97 Å². The Balaban J connectivity index is 2.23. The molecule has 1 aromatic heterocycles. The summed E-state index contributed by atoms with van der Waals surface area (Å²) in [6.07, 6.45) is 4.04. The zero-order valence-electron chi connectivity index (χ0n) is 13.0. The molecule has 0 amide bonds. The van der Waals surface area contributed by atoms with Gasteiger partial charge in [0.1, 0.15) is 0 Å². The van der Waals surface area contributed by atoms with Gasteiger partial charge in [0.25, 0.3) is 0 Å². The van der Waals surface area contributed by atoms with E-state index in [1.165, 1.54) is 10.5 Å². The van der Waals surface area contributed by atoms with Crippen LogP contribution in [0.15, 0.2) is 46.6 Å². The Hall–Kier alpha value is -1.39. The third-order valence-electron chi connectivity index (χ3n) is 3.32. The molecule has 1 N–H and O–H groups in total. The van der Waals surface area contributed by atoms with E-state index in [0.29, 0.717) is 6.04 Å². The van der Waals surface area contributed by atoms with Gasteiger partial charge in [-0.1, -0.05) is 32.0 Å². The Labute approximate surface area is 131 Å². The molecule has 1 heterocycles. The Morgan fingerprint density at radius 1 is 1.19 bits per heavy atom. The van der Waals surface area contributed by atoms with Crippen LogP contribution in [0.25, 0.3) is 0 Å². The van der Waals surface area contributed by atoms with E-state index in [1.807, 2.05) is 19.2 Å². The summed E-state index contributed by atoms with van der Waals surface area (Å²) in [6, 6.07) is 10.9. The van der Waals surface area contributed by atoms with Crippen molar-refractivity contribution in [3.63, 3.8) is 0 Å². The van der Waals surface area contributed by atoms with Crippen molar-refractivity contribution in [3.8, 4) is 0 Å². The number of benzene rings is 1. The van der Waals surface area contributed by atoms with Gasteiger partial charge >= 0.3 is 0 Å². The zero-order chi connectivity index (χ0) is 15.1. The quantitative estimate of drug-likeness (QED) is 0.770. The number of hydrogen-bond acceptors (Lipinski definition) is 4. The minimum absolute atomic E-state index is 0.387. The van der Waals surface area contributed by atoms with Gasteiger partial charge in [-0.15, -0.1) is 0 Å². The van der Waals surface area contributed by atoms with E-state index in [-0.39, 0.29) is 0 Å². The molecule has 4 heteroatoms. The summed E-state index contributed by atoms with van der Waals surface area (Å²) in [5.74, 6) is 0. The van der Waals surface area contributed by atoms with Crippen molar-refractivity contribution in [3.05, 3.63) is 47.8 Å². The van der Waals surface area contributed by atoms with E-state index in [2.05, 4.69) is 53.4 Å². The van der Waals surface area contributed by atoms with Crippen molar-refractivity contribution < 1.29 is 0 Å². The lowest BCUT2D eigenvalue weighted by molar-refractivity contribution is 0.512. The topological polar surface area (TPSA) is 37.8 Å². The third-order valence-corrected chi connectivity index (χ3v) is 4.29. The van der Waals surface area contributed by atoms with Gasteiger partial charge in [-0.2, -0.15) is 0 Å². The van der Waals surface area contributed by atoms with Gasteiger partial charge in [-0.3, -0.25) is 0 Å². The maximum absolute atomic E-state index is 4.49. The predicted molar refractivity (Wildman–Crippen MR) is 88.7 cm³/mol. The van der Waals surface area contributed by atoms with E-state index < -0.39 is 0 Å². The lowest BCUT2D eigenvalue weighted by Gasteiger charge is -2.19. The van der Waals surface area contributed by atoms with Gasteiger partial charge in [-0.05, 0) is 55.8 Å². The first-order valence-corrected chi connectivity index (χ1v) is 8.36. The molecule has 0 aliphatic rings. The molecule has 112 valence electrons. The average molecular weight is 301 g/mol. The summed E-state index contributed by atoms with van der Waals surface area (Å²) in [5, 5.41) is 4.43. The van der Waals surface area contributed by atoms with Crippen molar-refractivity contribution in [1.82, 2.24) is 15.3 Å². The molecule has 0 saturated heterocycles. The highest BCUT2D eigenvalue weighted by Crippen LogP contribution is 2.32. The molecule has 0 bridgehead atoms. The SMILES string of the molecule is CCCNC(CC)c1ccccc1Sc1nccc(C)n1.